The van der Waals surface area contributed by atoms with Crippen LogP contribution >= 0.6 is 34.9 Å². The van der Waals surface area contributed by atoms with Crippen molar-refractivity contribution in [2.24, 2.45) is 0 Å². The standard InChI is InChI=1S/C25H29N5O4S3/c1-6-9-35-23-27-22-20(15-11-25(2,3)34-12-18(15)37-22)21-28-29-24(30(21)23)36-13-19(31)26-16-8-7-14(32-4)10-17(16)33-5/h7-8,10H,6,9,11-13H2,1-5H3,(H,26,31). The minimum absolute atomic E-state index is 0.161. The van der Waals surface area contributed by atoms with Gasteiger partial charge in [-0.1, -0.05) is 30.4 Å². The second kappa shape index (κ2) is 10.7. The van der Waals surface area contributed by atoms with Crippen LogP contribution in [0.1, 0.15) is 37.6 Å². The molecule has 0 spiro atoms. The quantitative estimate of drug-likeness (QED) is 0.212. The largest absolute Gasteiger partial charge is 0.497 e. The van der Waals surface area contributed by atoms with Crippen LogP contribution < -0.4 is 14.8 Å². The van der Waals surface area contributed by atoms with Crippen molar-refractivity contribution in [2.45, 2.75) is 56.1 Å². The number of thioether (sulfide) groups is 2. The number of ether oxygens (including phenoxy) is 3. The fourth-order valence-electron chi connectivity index (χ4n) is 4.19. The Balaban J connectivity index is 1.45. The predicted molar refractivity (Wildman–Crippen MR) is 149 cm³/mol. The van der Waals surface area contributed by atoms with Gasteiger partial charge >= 0.3 is 0 Å². The number of fused-ring (bicyclic) bond motifs is 5. The third-order valence-corrected chi connectivity index (χ3v) is 9.14. The maximum Gasteiger partial charge on any atom is 0.234 e. The summed E-state index contributed by atoms with van der Waals surface area (Å²) in [5, 5.41) is 14.5. The Kier molecular flexibility index (Phi) is 7.53. The molecule has 0 unspecified atom stereocenters. The molecule has 4 heterocycles. The van der Waals surface area contributed by atoms with Crippen molar-refractivity contribution < 1.29 is 19.0 Å². The van der Waals surface area contributed by atoms with Gasteiger partial charge in [-0.2, -0.15) is 0 Å². The fourth-order valence-corrected chi connectivity index (χ4v) is 6.98. The molecule has 1 N–H and O–H groups in total. The van der Waals surface area contributed by atoms with E-state index in [1.807, 2.05) is 4.40 Å². The molecular formula is C25H29N5O4S3. The second-order valence-corrected chi connectivity index (χ2v) is 12.3. The summed E-state index contributed by atoms with van der Waals surface area (Å²) in [6, 6.07) is 5.27. The van der Waals surface area contributed by atoms with Gasteiger partial charge < -0.3 is 19.5 Å². The highest BCUT2D eigenvalue weighted by Gasteiger charge is 2.31. The summed E-state index contributed by atoms with van der Waals surface area (Å²) >= 11 is 4.69. The third-order valence-electron chi connectivity index (χ3n) is 5.96. The van der Waals surface area contributed by atoms with Gasteiger partial charge in [0.25, 0.3) is 0 Å². The Morgan fingerprint density at radius 3 is 2.81 bits per heavy atom. The molecule has 0 aliphatic carbocycles. The van der Waals surface area contributed by atoms with Crippen LogP contribution in [0.4, 0.5) is 5.69 Å². The van der Waals surface area contributed by atoms with E-state index < -0.39 is 0 Å². The number of amides is 1. The van der Waals surface area contributed by atoms with Gasteiger partial charge in [0.1, 0.15) is 16.3 Å². The lowest BCUT2D eigenvalue weighted by Crippen LogP contribution is -2.31. The summed E-state index contributed by atoms with van der Waals surface area (Å²) in [6.45, 7) is 6.94. The van der Waals surface area contributed by atoms with Crippen LogP contribution in [0, 0.1) is 0 Å². The zero-order valence-corrected chi connectivity index (χ0v) is 23.9. The summed E-state index contributed by atoms with van der Waals surface area (Å²) in [4.78, 5) is 20.0. The molecule has 0 fully saturated rings. The first-order valence-electron chi connectivity index (χ1n) is 11.9. The van der Waals surface area contributed by atoms with Crippen molar-refractivity contribution >= 4 is 62.3 Å². The number of nitrogens with zero attached hydrogens (tertiary/aromatic N) is 4. The van der Waals surface area contributed by atoms with Crippen LogP contribution in [0.15, 0.2) is 28.5 Å². The lowest BCUT2D eigenvalue weighted by molar-refractivity contribution is -0.113. The number of anilines is 1. The highest BCUT2D eigenvalue weighted by molar-refractivity contribution is 8.00. The van der Waals surface area contributed by atoms with Crippen LogP contribution in [0.2, 0.25) is 0 Å². The smallest absolute Gasteiger partial charge is 0.234 e. The van der Waals surface area contributed by atoms with Gasteiger partial charge in [0.05, 0.1) is 43.3 Å². The fraction of sp³-hybridized carbons (Fsp3) is 0.440. The summed E-state index contributed by atoms with van der Waals surface area (Å²) in [5.41, 5.74) is 2.37. The van der Waals surface area contributed by atoms with E-state index >= 15 is 0 Å². The number of methoxy groups -OCH3 is 2. The molecule has 12 heteroatoms. The summed E-state index contributed by atoms with van der Waals surface area (Å²) in [7, 11) is 3.14. The molecule has 0 saturated heterocycles. The van der Waals surface area contributed by atoms with Crippen LogP contribution in [-0.2, 0) is 22.6 Å². The lowest BCUT2D eigenvalue weighted by Gasteiger charge is -2.30. The van der Waals surface area contributed by atoms with Crippen molar-refractivity contribution in [3.05, 3.63) is 28.6 Å². The molecular weight excluding hydrogens is 531 g/mol. The summed E-state index contributed by atoms with van der Waals surface area (Å²) in [6.07, 6.45) is 1.81. The Morgan fingerprint density at radius 2 is 2.05 bits per heavy atom. The first-order valence-corrected chi connectivity index (χ1v) is 14.7. The molecule has 5 rings (SSSR count). The van der Waals surface area contributed by atoms with Gasteiger partial charge in [-0.25, -0.2) is 9.38 Å². The van der Waals surface area contributed by atoms with Crippen molar-refractivity contribution in [1.82, 2.24) is 19.6 Å². The molecule has 196 valence electrons. The van der Waals surface area contributed by atoms with E-state index in [0.29, 0.717) is 28.9 Å². The molecule has 0 bridgehead atoms. The summed E-state index contributed by atoms with van der Waals surface area (Å²) in [5.74, 6) is 2.10. The van der Waals surface area contributed by atoms with Crippen LogP contribution in [0.3, 0.4) is 0 Å². The molecule has 0 saturated carbocycles. The molecule has 0 atom stereocenters. The zero-order chi connectivity index (χ0) is 26.2. The average molecular weight is 560 g/mol. The molecule has 1 amide bonds. The number of aromatic nitrogens is 4. The van der Waals surface area contributed by atoms with Gasteiger partial charge in [-0.3, -0.25) is 4.79 Å². The number of rotatable bonds is 9. The number of hydrogen-bond donors (Lipinski definition) is 1. The molecule has 3 aromatic heterocycles. The number of benzene rings is 1. The van der Waals surface area contributed by atoms with Crippen molar-refractivity contribution in [1.29, 1.82) is 0 Å². The maximum absolute atomic E-state index is 12.8. The van der Waals surface area contributed by atoms with E-state index in [1.54, 1.807) is 55.5 Å². The minimum atomic E-state index is -0.244. The summed E-state index contributed by atoms with van der Waals surface area (Å²) < 4.78 is 18.7. The van der Waals surface area contributed by atoms with Crippen molar-refractivity contribution in [3.8, 4) is 11.5 Å². The molecule has 9 nitrogen and oxygen atoms in total. The normalized spacial score (nSPS) is 14.6. The Morgan fingerprint density at radius 1 is 1.22 bits per heavy atom. The Hall–Kier alpha value is -2.54. The molecule has 37 heavy (non-hydrogen) atoms. The van der Waals surface area contributed by atoms with Crippen molar-refractivity contribution in [3.63, 3.8) is 0 Å². The lowest BCUT2D eigenvalue weighted by atomic mass is 9.94. The SMILES string of the molecule is CCCSc1nc2sc3c(c2c2nnc(SCC(=O)Nc4ccc(OC)cc4OC)n12)CC(C)(C)OC3. The monoisotopic (exact) mass is 559 g/mol. The van der Waals surface area contributed by atoms with Crippen LogP contribution in [0.5, 0.6) is 11.5 Å². The molecule has 0 radical (unpaired) electrons. The zero-order valence-electron chi connectivity index (χ0n) is 21.4. The number of nitrogens with one attached hydrogen (secondary N) is 1. The van der Waals surface area contributed by atoms with Gasteiger partial charge in [0.2, 0.25) is 5.91 Å². The number of thiophene rings is 1. The van der Waals surface area contributed by atoms with Crippen LogP contribution in [0.25, 0.3) is 15.9 Å². The second-order valence-electron chi connectivity index (χ2n) is 9.20. The minimum Gasteiger partial charge on any atom is -0.497 e. The van der Waals surface area contributed by atoms with Gasteiger partial charge in [-0.05, 0) is 38.0 Å². The number of carbonyl (C=O) groups excluding carboxylic acids is 1. The first kappa shape index (κ1) is 26.1. The molecule has 4 aromatic rings. The van der Waals surface area contributed by atoms with E-state index in [0.717, 1.165) is 39.6 Å². The first-order chi connectivity index (χ1) is 17.8. The number of carbonyl (C=O) groups is 1. The van der Waals surface area contributed by atoms with Gasteiger partial charge in [0.15, 0.2) is 16.0 Å². The highest BCUT2D eigenvalue weighted by Crippen LogP contribution is 2.41. The predicted octanol–water partition coefficient (Wildman–Crippen LogP) is 5.44. The highest BCUT2D eigenvalue weighted by atomic mass is 32.2. The molecule has 1 aliphatic rings. The maximum atomic E-state index is 12.8. The molecule has 1 aromatic carbocycles. The van der Waals surface area contributed by atoms with E-state index in [9.17, 15) is 4.79 Å². The van der Waals surface area contributed by atoms with E-state index in [-0.39, 0.29) is 17.3 Å². The van der Waals surface area contributed by atoms with E-state index in [4.69, 9.17) is 19.2 Å². The van der Waals surface area contributed by atoms with Crippen LogP contribution in [-0.4, -0.2) is 56.8 Å². The number of hydrogen-bond acceptors (Lipinski definition) is 10. The van der Waals surface area contributed by atoms with E-state index in [1.165, 1.54) is 22.2 Å². The average Bonchev–Trinajstić information content (AvgIpc) is 3.46. The third kappa shape index (κ3) is 5.25. The van der Waals surface area contributed by atoms with Crippen molar-refractivity contribution in [2.75, 3.05) is 31.0 Å². The van der Waals surface area contributed by atoms with E-state index in [2.05, 4.69) is 36.3 Å². The van der Waals surface area contributed by atoms with Gasteiger partial charge in [0, 0.05) is 23.1 Å². The topological polar surface area (TPSA) is 99.9 Å². The van der Waals surface area contributed by atoms with Gasteiger partial charge in [-0.15, -0.1) is 21.5 Å². The Labute approximate surface area is 227 Å². The molecule has 1 aliphatic heterocycles. The Bertz CT molecular complexity index is 1470.